The van der Waals surface area contributed by atoms with Crippen LogP contribution in [0.2, 0.25) is 0 Å². The predicted octanol–water partition coefficient (Wildman–Crippen LogP) is 3.55. The molecule has 1 saturated heterocycles. The van der Waals surface area contributed by atoms with Gasteiger partial charge in [0.15, 0.2) is 0 Å². The van der Waals surface area contributed by atoms with Gasteiger partial charge in [0.25, 0.3) is 5.56 Å². The summed E-state index contributed by atoms with van der Waals surface area (Å²) in [5.41, 5.74) is 1.73. The van der Waals surface area contributed by atoms with Gasteiger partial charge in [0.05, 0.1) is 5.39 Å². The van der Waals surface area contributed by atoms with Gasteiger partial charge in [-0.05, 0) is 43.1 Å². The number of carbonyl (C=O) groups excluding carboxylic acids is 1. The highest BCUT2D eigenvalue weighted by atomic mass is 32.1. The molecule has 1 N–H and O–H groups in total. The first-order valence-corrected chi connectivity index (χ1v) is 10.4. The van der Waals surface area contributed by atoms with Gasteiger partial charge in [0.2, 0.25) is 5.91 Å². The van der Waals surface area contributed by atoms with Crippen LogP contribution >= 0.6 is 11.3 Å². The van der Waals surface area contributed by atoms with Crippen molar-refractivity contribution in [3.63, 3.8) is 0 Å². The molecule has 1 amide bonds. The third kappa shape index (κ3) is 4.23. The lowest BCUT2D eigenvalue weighted by Gasteiger charge is -2.28. The quantitative estimate of drug-likeness (QED) is 0.709. The molecule has 152 valence electrons. The summed E-state index contributed by atoms with van der Waals surface area (Å²) in [5, 5.41) is 3.36. The number of hydrogen-bond donors (Lipinski definition) is 1. The zero-order valence-corrected chi connectivity index (χ0v) is 17.3. The second kappa shape index (κ2) is 8.04. The number of alkyl halides is 1. The smallest absolute Gasteiger partial charge is 0.259 e. The normalized spacial score (nSPS) is 17.6. The third-order valence-electron chi connectivity index (χ3n) is 5.10. The lowest BCUT2D eigenvalue weighted by Crippen LogP contribution is -2.35. The van der Waals surface area contributed by atoms with Gasteiger partial charge in [0, 0.05) is 54.6 Å². The van der Waals surface area contributed by atoms with Gasteiger partial charge in [-0.2, -0.15) is 0 Å². The van der Waals surface area contributed by atoms with Crippen molar-refractivity contribution >= 4 is 33.1 Å². The second-order valence-electron chi connectivity index (χ2n) is 7.50. The van der Waals surface area contributed by atoms with Crippen molar-refractivity contribution in [3.05, 3.63) is 45.8 Å². The molecule has 3 aromatic rings. The fourth-order valence-electron chi connectivity index (χ4n) is 3.80. The van der Waals surface area contributed by atoms with Crippen molar-refractivity contribution in [2.24, 2.45) is 7.05 Å². The van der Waals surface area contributed by atoms with E-state index in [9.17, 15) is 14.0 Å². The molecule has 0 bridgehead atoms. The fraction of sp³-hybridized carbons (Fsp3) is 0.381. The van der Waals surface area contributed by atoms with Crippen LogP contribution in [0.1, 0.15) is 24.6 Å². The highest BCUT2D eigenvalue weighted by molar-refractivity contribution is 7.19. The van der Waals surface area contributed by atoms with E-state index in [0.717, 1.165) is 33.7 Å². The first-order valence-electron chi connectivity index (χ1n) is 9.63. The van der Waals surface area contributed by atoms with Crippen molar-refractivity contribution in [2.75, 3.05) is 18.4 Å². The van der Waals surface area contributed by atoms with Crippen LogP contribution in [0.15, 0.2) is 35.4 Å². The molecule has 6 nitrogen and oxygen atoms in total. The van der Waals surface area contributed by atoms with E-state index >= 15 is 0 Å². The molecule has 0 aliphatic carbocycles. The number of carbonyl (C=O) groups is 1. The Morgan fingerprint density at radius 3 is 3.00 bits per heavy atom. The number of aryl methyl sites for hydroxylation is 1. The molecule has 1 aliphatic heterocycles. The largest absolute Gasteiger partial charge is 0.317 e. The molecule has 4 rings (SSSR count). The Bertz CT molecular complexity index is 1120. The standard InChI is InChI=1S/C21H23FN4O2S/c1-13(27)24-19-8-14(5-6-23-19)18-12-25(2)21(28)17-9-16(29-20(17)18)11-26-7-3-4-15(22)10-26/h5-6,8-9,12,15H,3-4,7,10-11H2,1-2H3,(H,23,24,27). The molecule has 1 atom stereocenters. The monoisotopic (exact) mass is 414 g/mol. The maximum atomic E-state index is 13.7. The van der Waals surface area contributed by atoms with E-state index in [1.54, 1.807) is 35.2 Å². The molecule has 0 saturated carbocycles. The number of rotatable bonds is 4. The Balaban J connectivity index is 1.75. The number of hydrogen-bond acceptors (Lipinski definition) is 5. The van der Waals surface area contributed by atoms with E-state index in [2.05, 4.69) is 15.2 Å². The van der Waals surface area contributed by atoms with Crippen LogP contribution in [-0.4, -0.2) is 39.6 Å². The van der Waals surface area contributed by atoms with E-state index in [0.29, 0.717) is 30.7 Å². The summed E-state index contributed by atoms with van der Waals surface area (Å²) in [5.74, 6) is 0.280. The number of amides is 1. The lowest BCUT2D eigenvalue weighted by atomic mass is 10.1. The van der Waals surface area contributed by atoms with Gasteiger partial charge in [0.1, 0.15) is 12.0 Å². The van der Waals surface area contributed by atoms with E-state index in [1.807, 2.05) is 18.3 Å². The van der Waals surface area contributed by atoms with Crippen LogP contribution in [0.5, 0.6) is 0 Å². The van der Waals surface area contributed by atoms with Crippen LogP contribution < -0.4 is 10.9 Å². The molecule has 0 radical (unpaired) electrons. The van der Waals surface area contributed by atoms with Crippen molar-refractivity contribution < 1.29 is 9.18 Å². The van der Waals surface area contributed by atoms with E-state index < -0.39 is 6.17 Å². The van der Waals surface area contributed by atoms with Crippen LogP contribution in [0, 0.1) is 0 Å². The summed E-state index contributed by atoms with van der Waals surface area (Å²) in [7, 11) is 1.73. The molecule has 29 heavy (non-hydrogen) atoms. The number of likely N-dealkylation sites (tertiary alicyclic amines) is 1. The molecule has 1 unspecified atom stereocenters. The van der Waals surface area contributed by atoms with Gasteiger partial charge >= 0.3 is 0 Å². The summed E-state index contributed by atoms with van der Waals surface area (Å²) >= 11 is 1.57. The summed E-state index contributed by atoms with van der Waals surface area (Å²) in [6.07, 6.45) is 4.18. The van der Waals surface area contributed by atoms with Crippen LogP contribution in [-0.2, 0) is 18.4 Å². The van der Waals surface area contributed by atoms with E-state index in [1.165, 1.54) is 6.92 Å². The first-order chi connectivity index (χ1) is 13.9. The summed E-state index contributed by atoms with van der Waals surface area (Å²) < 4.78 is 16.2. The predicted molar refractivity (Wildman–Crippen MR) is 114 cm³/mol. The number of piperidine rings is 1. The van der Waals surface area contributed by atoms with E-state index in [-0.39, 0.29) is 11.5 Å². The highest BCUT2D eigenvalue weighted by Gasteiger charge is 2.21. The summed E-state index contributed by atoms with van der Waals surface area (Å²) in [6, 6.07) is 5.60. The Morgan fingerprint density at radius 2 is 2.24 bits per heavy atom. The first kappa shape index (κ1) is 19.7. The molecule has 8 heteroatoms. The minimum absolute atomic E-state index is 0.0515. The van der Waals surface area contributed by atoms with Crippen LogP contribution in [0.3, 0.4) is 0 Å². The summed E-state index contributed by atoms with van der Waals surface area (Å²) in [4.78, 5) is 31.4. The molecule has 4 heterocycles. The van der Waals surface area contributed by atoms with Crippen molar-refractivity contribution in [3.8, 4) is 11.1 Å². The average molecular weight is 415 g/mol. The minimum Gasteiger partial charge on any atom is -0.317 e. The maximum absolute atomic E-state index is 13.7. The average Bonchev–Trinajstić information content (AvgIpc) is 3.08. The number of halogens is 1. The fourth-order valence-corrected chi connectivity index (χ4v) is 5.02. The van der Waals surface area contributed by atoms with E-state index in [4.69, 9.17) is 0 Å². The molecule has 0 aromatic carbocycles. The molecular formula is C21H23FN4O2S. The number of thiophene rings is 1. The molecule has 0 spiro atoms. The number of anilines is 1. The Morgan fingerprint density at radius 1 is 1.41 bits per heavy atom. The molecule has 1 fully saturated rings. The van der Waals surface area contributed by atoms with Crippen molar-refractivity contribution in [1.82, 2.24) is 14.5 Å². The number of fused-ring (bicyclic) bond motifs is 1. The zero-order valence-electron chi connectivity index (χ0n) is 16.4. The number of aromatic nitrogens is 2. The Kier molecular flexibility index (Phi) is 5.47. The topological polar surface area (TPSA) is 67.2 Å². The van der Waals surface area contributed by atoms with Gasteiger partial charge in [-0.1, -0.05) is 0 Å². The van der Waals surface area contributed by atoms with Crippen LogP contribution in [0.25, 0.3) is 21.2 Å². The molecular weight excluding hydrogens is 391 g/mol. The number of nitrogens with zero attached hydrogens (tertiary/aromatic N) is 3. The number of pyridine rings is 2. The summed E-state index contributed by atoms with van der Waals surface area (Å²) in [6.45, 7) is 3.41. The van der Waals surface area contributed by atoms with Gasteiger partial charge < -0.3 is 9.88 Å². The lowest BCUT2D eigenvalue weighted by molar-refractivity contribution is -0.114. The maximum Gasteiger partial charge on any atom is 0.259 e. The molecule has 1 aliphatic rings. The van der Waals surface area contributed by atoms with Crippen molar-refractivity contribution in [1.29, 1.82) is 0 Å². The molecule has 3 aromatic heterocycles. The zero-order chi connectivity index (χ0) is 20.5. The minimum atomic E-state index is -0.773. The second-order valence-corrected chi connectivity index (χ2v) is 8.64. The van der Waals surface area contributed by atoms with Gasteiger partial charge in [-0.3, -0.25) is 14.5 Å². The van der Waals surface area contributed by atoms with Gasteiger partial charge in [-0.15, -0.1) is 11.3 Å². The Hall–Kier alpha value is -2.58. The highest BCUT2D eigenvalue weighted by Crippen LogP contribution is 2.34. The number of nitrogens with one attached hydrogen (secondary N) is 1. The van der Waals surface area contributed by atoms with Crippen LogP contribution in [0.4, 0.5) is 10.2 Å². The SMILES string of the molecule is CC(=O)Nc1cc(-c2cn(C)c(=O)c3cc(CN4CCCC(F)C4)sc23)ccn1. The van der Waals surface area contributed by atoms with Gasteiger partial charge in [-0.25, -0.2) is 9.37 Å². The Labute approximate surface area is 172 Å². The van der Waals surface area contributed by atoms with Crippen molar-refractivity contribution in [2.45, 2.75) is 32.5 Å². The third-order valence-corrected chi connectivity index (χ3v) is 6.26.